The summed E-state index contributed by atoms with van der Waals surface area (Å²) < 4.78 is 5.42. The fourth-order valence-corrected chi connectivity index (χ4v) is 6.04. The molecule has 0 aromatic heterocycles. The van der Waals surface area contributed by atoms with Crippen molar-refractivity contribution in [2.24, 2.45) is 0 Å². The van der Waals surface area contributed by atoms with Crippen LogP contribution in [0.3, 0.4) is 0 Å². The fraction of sp³-hybridized carbons (Fsp3) is 0.679. The molecule has 1 aromatic carbocycles. The molecule has 4 atom stereocenters. The second kappa shape index (κ2) is 10.6. The number of ketones is 2. The van der Waals surface area contributed by atoms with E-state index in [0.717, 1.165) is 45.1 Å². The Kier molecular flexibility index (Phi) is 7.76. The third kappa shape index (κ3) is 6.26. The lowest BCUT2D eigenvalue weighted by Gasteiger charge is -2.30. The van der Waals surface area contributed by atoms with Crippen LogP contribution in [0.5, 0.6) is 0 Å². The van der Waals surface area contributed by atoms with E-state index in [0.29, 0.717) is 30.7 Å². The predicted octanol–water partition coefficient (Wildman–Crippen LogP) is 5.28. The van der Waals surface area contributed by atoms with Gasteiger partial charge in [0.1, 0.15) is 17.2 Å². The van der Waals surface area contributed by atoms with E-state index in [1.54, 1.807) is 0 Å². The number of rotatable bonds is 2. The van der Waals surface area contributed by atoms with Crippen molar-refractivity contribution in [1.29, 1.82) is 0 Å². The first kappa shape index (κ1) is 24.9. The fourth-order valence-electron chi connectivity index (χ4n) is 6.04. The smallest absolute Gasteiger partial charge is 0.410 e. The van der Waals surface area contributed by atoms with E-state index in [1.807, 2.05) is 25.7 Å². The molecule has 4 saturated heterocycles. The van der Waals surface area contributed by atoms with Crippen molar-refractivity contribution >= 4 is 17.7 Å². The predicted molar refractivity (Wildman–Crippen MR) is 131 cm³/mol. The molecule has 0 saturated carbocycles. The molecule has 0 N–H and O–H groups in total. The van der Waals surface area contributed by atoms with Crippen LogP contribution in [0.25, 0.3) is 0 Å². The van der Waals surface area contributed by atoms with Crippen LogP contribution in [0.15, 0.2) is 30.3 Å². The number of hydrogen-bond donors (Lipinski definition) is 0. The Morgan fingerprint density at radius 1 is 0.824 bits per heavy atom. The monoisotopic (exact) mass is 468 g/mol. The van der Waals surface area contributed by atoms with Crippen LogP contribution in [0.2, 0.25) is 0 Å². The first-order valence-electron chi connectivity index (χ1n) is 13.0. The van der Waals surface area contributed by atoms with Gasteiger partial charge in [0.2, 0.25) is 0 Å². The quantitative estimate of drug-likeness (QED) is 0.591. The summed E-state index contributed by atoms with van der Waals surface area (Å²) in [5.74, 6) is 0.751. The molecule has 4 heterocycles. The Labute approximate surface area is 204 Å². The summed E-state index contributed by atoms with van der Waals surface area (Å²) in [4.78, 5) is 39.7. The van der Waals surface area contributed by atoms with Crippen molar-refractivity contribution in [2.75, 3.05) is 0 Å². The van der Waals surface area contributed by atoms with Gasteiger partial charge in [-0.1, -0.05) is 30.3 Å². The molecule has 0 aliphatic carbocycles. The zero-order valence-electron chi connectivity index (χ0n) is 21.0. The Bertz CT molecular complexity index is 878. The number of hydrogen-bond acceptors (Lipinski definition) is 5. The number of nitrogens with zero attached hydrogens (tertiary/aromatic N) is 2. The summed E-state index contributed by atoms with van der Waals surface area (Å²) in [6, 6.07) is 12.1. The first-order valence-corrected chi connectivity index (χ1v) is 13.0. The normalized spacial score (nSPS) is 29.2. The van der Waals surface area contributed by atoms with Crippen LogP contribution in [0.4, 0.5) is 4.79 Å². The van der Waals surface area contributed by atoms with Gasteiger partial charge in [0.05, 0.1) is 0 Å². The largest absolute Gasteiger partial charge is 0.444 e. The van der Waals surface area contributed by atoms with Gasteiger partial charge in [-0.2, -0.15) is 0 Å². The highest BCUT2D eigenvalue weighted by Gasteiger charge is 2.42. The molecule has 4 aliphatic heterocycles. The summed E-state index contributed by atoms with van der Waals surface area (Å²) in [5.41, 5.74) is 0.908. The van der Waals surface area contributed by atoms with Crippen molar-refractivity contribution in [3.05, 3.63) is 35.9 Å². The molecule has 4 aliphatic rings. The van der Waals surface area contributed by atoms with Gasteiger partial charge in [0, 0.05) is 56.4 Å². The van der Waals surface area contributed by atoms with Crippen molar-refractivity contribution in [3.63, 3.8) is 0 Å². The van der Waals surface area contributed by atoms with Crippen LogP contribution < -0.4 is 0 Å². The molecule has 6 nitrogen and oxygen atoms in total. The zero-order chi connectivity index (χ0) is 24.3. The maximum atomic E-state index is 12.1. The number of benzene rings is 1. The number of Topliss-reactive ketones (excluding diaryl/α,β-unsaturated/α-hetero) is 2. The average molecular weight is 469 g/mol. The zero-order valence-corrected chi connectivity index (χ0v) is 21.0. The highest BCUT2D eigenvalue weighted by Crippen LogP contribution is 2.35. The lowest BCUT2D eigenvalue weighted by Crippen LogP contribution is -2.43. The van der Waals surface area contributed by atoms with Crippen LogP contribution in [0, 0.1) is 0 Å². The van der Waals surface area contributed by atoms with Gasteiger partial charge in [-0.3, -0.25) is 14.5 Å². The topological polar surface area (TPSA) is 66.9 Å². The minimum Gasteiger partial charge on any atom is -0.444 e. The van der Waals surface area contributed by atoms with Crippen molar-refractivity contribution in [2.45, 2.75) is 121 Å². The SMILES string of the molecule is CC(C)(C)OC(=O)N1C2CCC(=O)CC1CC2.O=C1CCC2CCC(C1)N2Cc1ccccc1. The third-order valence-corrected chi connectivity index (χ3v) is 7.64. The molecule has 5 rings (SSSR count). The average Bonchev–Trinajstić information content (AvgIpc) is 3.23. The van der Waals surface area contributed by atoms with Gasteiger partial charge in [-0.15, -0.1) is 0 Å². The molecule has 1 aromatic rings. The third-order valence-electron chi connectivity index (χ3n) is 7.64. The van der Waals surface area contributed by atoms with Gasteiger partial charge < -0.3 is 9.64 Å². The summed E-state index contributed by atoms with van der Waals surface area (Å²) in [5, 5.41) is 0. The first-order chi connectivity index (χ1) is 16.2. The molecule has 4 bridgehead atoms. The molecule has 186 valence electrons. The van der Waals surface area contributed by atoms with E-state index in [1.165, 1.54) is 18.4 Å². The number of ether oxygens (including phenoxy) is 1. The minimum absolute atomic E-state index is 0.0739. The Morgan fingerprint density at radius 3 is 2.06 bits per heavy atom. The Balaban J connectivity index is 0.000000161. The molecule has 0 spiro atoms. The second-order valence-corrected chi connectivity index (χ2v) is 11.4. The number of carbonyl (C=O) groups is 3. The summed E-state index contributed by atoms with van der Waals surface area (Å²) in [7, 11) is 0. The minimum atomic E-state index is -0.465. The molecule has 1 amide bonds. The molecule has 4 fully saturated rings. The van der Waals surface area contributed by atoms with Gasteiger partial charge in [-0.05, 0) is 64.9 Å². The molecule has 34 heavy (non-hydrogen) atoms. The van der Waals surface area contributed by atoms with Gasteiger partial charge in [0.25, 0.3) is 0 Å². The Hall–Kier alpha value is -2.21. The highest BCUT2D eigenvalue weighted by molar-refractivity contribution is 5.81. The van der Waals surface area contributed by atoms with E-state index in [4.69, 9.17) is 4.74 Å². The summed E-state index contributed by atoms with van der Waals surface area (Å²) >= 11 is 0. The van der Waals surface area contributed by atoms with Crippen molar-refractivity contribution < 1.29 is 19.1 Å². The van der Waals surface area contributed by atoms with Crippen molar-refractivity contribution in [3.8, 4) is 0 Å². The number of carbonyl (C=O) groups excluding carboxylic acids is 3. The lowest BCUT2D eigenvalue weighted by molar-refractivity contribution is -0.120. The summed E-state index contributed by atoms with van der Waals surface area (Å²) in [6.07, 6.45) is 8.77. The van der Waals surface area contributed by atoms with E-state index in [-0.39, 0.29) is 24.0 Å². The lowest BCUT2D eigenvalue weighted by atomic mass is 10.0. The Morgan fingerprint density at radius 2 is 1.38 bits per heavy atom. The molecule has 0 radical (unpaired) electrons. The number of fused-ring (bicyclic) bond motifs is 4. The highest BCUT2D eigenvalue weighted by atomic mass is 16.6. The molecule has 4 unspecified atom stereocenters. The van der Waals surface area contributed by atoms with Crippen LogP contribution in [0.1, 0.15) is 90.5 Å². The van der Waals surface area contributed by atoms with E-state index in [2.05, 4.69) is 35.2 Å². The van der Waals surface area contributed by atoms with E-state index >= 15 is 0 Å². The molecular formula is C28H40N2O4. The van der Waals surface area contributed by atoms with E-state index in [9.17, 15) is 14.4 Å². The number of amides is 1. The van der Waals surface area contributed by atoms with Crippen molar-refractivity contribution in [1.82, 2.24) is 9.80 Å². The maximum absolute atomic E-state index is 12.1. The van der Waals surface area contributed by atoms with Crippen LogP contribution in [-0.2, 0) is 20.9 Å². The van der Waals surface area contributed by atoms with Gasteiger partial charge in [-0.25, -0.2) is 4.79 Å². The van der Waals surface area contributed by atoms with E-state index < -0.39 is 5.60 Å². The van der Waals surface area contributed by atoms with Gasteiger partial charge >= 0.3 is 6.09 Å². The molecular weight excluding hydrogens is 428 g/mol. The van der Waals surface area contributed by atoms with Crippen LogP contribution in [-0.4, -0.2) is 57.2 Å². The summed E-state index contributed by atoms with van der Waals surface area (Å²) in [6.45, 7) is 6.63. The molecule has 6 heteroatoms. The van der Waals surface area contributed by atoms with Crippen LogP contribution >= 0.6 is 0 Å². The maximum Gasteiger partial charge on any atom is 0.410 e. The standard InChI is InChI=1S/C15H19NO.C13H21NO3/c17-15-9-8-13-6-7-14(10-15)16(13)11-12-4-2-1-3-5-12;1-13(2,3)17-12(16)14-9-4-5-10(14)8-11(15)7-6-9/h1-5,13-14H,6-11H2;9-10H,4-8H2,1-3H3. The van der Waals surface area contributed by atoms with Gasteiger partial charge in [0.15, 0.2) is 0 Å². The second-order valence-electron chi connectivity index (χ2n) is 11.4.